The summed E-state index contributed by atoms with van der Waals surface area (Å²) in [6.07, 6.45) is 1.41. The summed E-state index contributed by atoms with van der Waals surface area (Å²) in [4.78, 5) is 23.7. The van der Waals surface area contributed by atoms with Crippen LogP contribution < -0.4 is 15.5 Å². The Morgan fingerprint density at radius 2 is 2.13 bits per heavy atom. The first-order valence-electron chi connectivity index (χ1n) is 6.93. The van der Waals surface area contributed by atoms with Crippen molar-refractivity contribution in [3.63, 3.8) is 0 Å². The fourth-order valence-corrected chi connectivity index (χ4v) is 2.28. The molecule has 0 aliphatic heterocycles. The maximum Gasteiger partial charge on any atom is 0.240 e. The third kappa shape index (κ3) is 4.34. The zero-order valence-corrected chi connectivity index (χ0v) is 13.3. The molecular weight excluding hydrogens is 320 g/mol. The molecule has 0 saturated carbocycles. The summed E-state index contributed by atoms with van der Waals surface area (Å²) in [5.74, 6) is -0.161. The Labute approximate surface area is 138 Å². The van der Waals surface area contributed by atoms with Crippen LogP contribution in [0, 0.1) is 0 Å². The van der Waals surface area contributed by atoms with Crippen LogP contribution in [-0.4, -0.2) is 22.7 Å². The molecule has 1 aromatic heterocycles. The third-order valence-electron chi connectivity index (χ3n) is 3.31. The highest BCUT2D eigenvalue weighted by molar-refractivity contribution is 6.31. The average Bonchev–Trinajstić information content (AvgIpc) is 2.55. The molecule has 2 N–H and O–H groups in total. The van der Waals surface area contributed by atoms with Crippen molar-refractivity contribution < 1.29 is 14.6 Å². The Morgan fingerprint density at radius 1 is 1.39 bits per heavy atom. The van der Waals surface area contributed by atoms with E-state index in [1.54, 1.807) is 6.07 Å². The van der Waals surface area contributed by atoms with Crippen LogP contribution in [0.4, 0.5) is 0 Å². The highest BCUT2D eigenvalue weighted by atomic mass is 35.5. The Bertz CT molecular complexity index is 758. The number of carbonyl (C=O) groups is 1. The number of carbonyl (C=O) groups excluding carboxylic acids is 1. The summed E-state index contributed by atoms with van der Waals surface area (Å²) in [6.45, 7) is -0.0989. The second-order valence-corrected chi connectivity index (χ2v) is 5.26. The van der Waals surface area contributed by atoms with Crippen molar-refractivity contribution in [3.05, 3.63) is 63.0 Å². The fraction of sp³-hybridized carbons (Fsp3) is 0.250. The summed E-state index contributed by atoms with van der Waals surface area (Å²) in [5, 5.41) is 12.6. The quantitative estimate of drug-likeness (QED) is 0.833. The van der Waals surface area contributed by atoms with Crippen LogP contribution in [-0.2, 0) is 24.5 Å². The Kier molecular flexibility index (Phi) is 5.78. The maximum atomic E-state index is 12.1. The number of aromatic nitrogens is 1. The van der Waals surface area contributed by atoms with E-state index in [1.165, 1.54) is 23.9 Å². The lowest BCUT2D eigenvalue weighted by Gasteiger charge is -2.13. The number of aliphatic hydroxyl groups excluding tert-OH is 1. The number of nitrogens with one attached hydrogen (secondary N) is 1. The lowest BCUT2D eigenvalue weighted by molar-refractivity contribution is -0.121. The maximum absolute atomic E-state index is 12.1. The zero-order valence-electron chi connectivity index (χ0n) is 12.6. The van der Waals surface area contributed by atoms with Gasteiger partial charge in [0.2, 0.25) is 11.3 Å². The number of aliphatic hydroxyl groups is 1. The van der Waals surface area contributed by atoms with E-state index in [1.807, 2.05) is 18.2 Å². The summed E-state index contributed by atoms with van der Waals surface area (Å²) in [5.41, 5.74) is 0.801. The van der Waals surface area contributed by atoms with Gasteiger partial charge in [-0.1, -0.05) is 29.8 Å². The van der Waals surface area contributed by atoms with Gasteiger partial charge in [-0.2, -0.15) is 0 Å². The second kappa shape index (κ2) is 7.80. The molecule has 0 atom stereocenters. The van der Waals surface area contributed by atoms with Crippen molar-refractivity contribution in [1.82, 2.24) is 9.88 Å². The van der Waals surface area contributed by atoms with E-state index in [2.05, 4.69) is 5.32 Å². The number of benzene rings is 1. The molecule has 122 valence electrons. The van der Waals surface area contributed by atoms with Gasteiger partial charge in [-0.15, -0.1) is 0 Å². The number of ether oxygens (including phenoxy) is 1. The largest absolute Gasteiger partial charge is 0.491 e. The van der Waals surface area contributed by atoms with E-state index >= 15 is 0 Å². The third-order valence-corrected chi connectivity index (χ3v) is 3.68. The molecule has 0 radical (unpaired) electrons. The van der Waals surface area contributed by atoms with Gasteiger partial charge in [0.05, 0.1) is 19.9 Å². The molecule has 0 bridgehead atoms. The zero-order chi connectivity index (χ0) is 16.8. The number of pyridine rings is 1. The van der Waals surface area contributed by atoms with Crippen LogP contribution in [0.15, 0.2) is 41.3 Å². The number of rotatable bonds is 6. The number of amides is 1. The number of nitrogens with zero attached hydrogens (tertiary/aromatic N) is 1. The SMILES string of the molecule is COc1cn(CC(=O)NCc2ccccc2Cl)c(CO)cc1=O. The van der Waals surface area contributed by atoms with Gasteiger partial charge in [0.1, 0.15) is 6.54 Å². The molecule has 7 heteroatoms. The van der Waals surface area contributed by atoms with Gasteiger partial charge in [-0.25, -0.2) is 0 Å². The average molecular weight is 337 g/mol. The first-order chi connectivity index (χ1) is 11.0. The lowest BCUT2D eigenvalue weighted by Crippen LogP contribution is -2.29. The minimum atomic E-state index is -0.350. The smallest absolute Gasteiger partial charge is 0.240 e. The van der Waals surface area contributed by atoms with E-state index in [4.69, 9.17) is 16.3 Å². The molecule has 1 heterocycles. The molecule has 1 amide bonds. The minimum absolute atomic E-state index is 0.0447. The minimum Gasteiger partial charge on any atom is -0.491 e. The molecule has 0 spiro atoms. The van der Waals surface area contributed by atoms with Gasteiger partial charge in [0.25, 0.3) is 0 Å². The van der Waals surface area contributed by atoms with Crippen LogP contribution in [0.3, 0.4) is 0 Å². The molecule has 0 unspecified atom stereocenters. The highest BCUT2D eigenvalue weighted by Crippen LogP contribution is 2.14. The topological polar surface area (TPSA) is 80.6 Å². The Hall–Kier alpha value is -2.31. The summed E-state index contributed by atoms with van der Waals surface area (Å²) in [6, 6.07) is 8.47. The monoisotopic (exact) mass is 336 g/mol. The number of methoxy groups -OCH3 is 1. The normalized spacial score (nSPS) is 10.4. The first kappa shape index (κ1) is 17.1. The first-order valence-corrected chi connectivity index (χ1v) is 7.31. The predicted molar refractivity (Wildman–Crippen MR) is 86.5 cm³/mol. The van der Waals surface area contributed by atoms with Gasteiger partial charge in [0, 0.05) is 23.3 Å². The van der Waals surface area contributed by atoms with Crippen LogP contribution in [0.2, 0.25) is 5.02 Å². The van der Waals surface area contributed by atoms with Crippen molar-refractivity contribution in [2.24, 2.45) is 0 Å². The van der Waals surface area contributed by atoms with Crippen molar-refractivity contribution in [1.29, 1.82) is 0 Å². The molecule has 2 aromatic rings. The van der Waals surface area contributed by atoms with Crippen LogP contribution >= 0.6 is 11.6 Å². The molecule has 0 aliphatic rings. The summed E-state index contributed by atoms with van der Waals surface area (Å²) < 4.78 is 6.42. The van der Waals surface area contributed by atoms with Gasteiger partial charge in [0.15, 0.2) is 5.75 Å². The lowest BCUT2D eigenvalue weighted by atomic mass is 10.2. The molecule has 2 rings (SSSR count). The Morgan fingerprint density at radius 3 is 2.78 bits per heavy atom. The van der Waals surface area contributed by atoms with E-state index < -0.39 is 0 Å². The van der Waals surface area contributed by atoms with Crippen LogP contribution in [0.25, 0.3) is 0 Å². The van der Waals surface area contributed by atoms with Gasteiger partial charge in [-0.05, 0) is 11.6 Å². The molecule has 0 aliphatic carbocycles. The van der Waals surface area contributed by atoms with E-state index in [0.717, 1.165) is 5.56 Å². The van der Waals surface area contributed by atoms with Crippen molar-refractivity contribution in [3.8, 4) is 5.75 Å². The number of halogens is 1. The van der Waals surface area contributed by atoms with Crippen LogP contribution in [0.5, 0.6) is 5.75 Å². The van der Waals surface area contributed by atoms with Gasteiger partial charge in [-0.3, -0.25) is 9.59 Å². The second-order valence-electron chi connectivity index (χ2n) is 4.85. The Balaban J connectivity index is 2.08. The summed E-state index contributed by atoms with van der Waals surface area (Å²) >= 11 is 6.03. The van der Waals surface area contributed by atoms with Crippen molar-refractivity contribution in [2.45, 2.75) is 19.7 Å². The van der Waals surface area contributed by atoms with Crippen molar-refractivity contribution >= 4 is 17.5 Å². The standard InChI is InChI=1S/C16H17ClN2O4/c1-23-15-8-19(12(10-20)6-14(15)21)9-16(22)18-7-11-4-2-3-5-13(11)17/h2-6,8,20H,7,9-10H2,1H3,(H,18,22). The van der Waals surface area contributed by atoms with E-state index in [-0.39, 0.29) is 30.2 Å². The molecule has 6 nitrogen and oxygen atoms in total. The summed E-state index contributed by atoms with van der Waals surface area (Å²) in [7, 11) is 1.37. The van der Waals surface area contributed by atoms with E-state index in [9.17, 15) is 14.7 Å². The molecule has 0 saturated heterocycles. The van der Waals surface area contributed by atoms with Gasteiger partial charge >= 0.3 is 0 Å². The van der Waals surface area contributed by atoms with Crippen molar-refractivity contribution in [2.75, 3.05) is 7.11 Å². The molecular formula is C16H17ClN2O4. The molecule has 1 aromatic carbocycles. The van der Waals surface area contributed by atoms with Crippen LogP contribution in [0.1, 0.15) is 11.3 Å². The molecule has 23 heavy (non-hydrogen) atoms. The number of hydrogen-bond acceptors (Lipinski definition) is 4. The van der Waals surface area contributed by atoms with E-state index in [0.29, 0.717) is 17.3 Å². The fourth-order valence-electron chi connectivity index (χ4n) is 2.08. The number of hydrogen-bond donors (Lipinski definition) is 2. The predicted octanol–water partition coefficient (Wildman–Crippen LogP) is 1.32. The highest BCUT2D eigenvalue weighted by Gasteiger charge is 2.10. The molecule has 0 fully saturated rings. The van der Waals surface area contributed by atoms with Gasteiger partial charge < -0.3 is 19.7 Å².